The van der Waals surface area contributed by atoms with Crippen LogP contribution in [0.15, 0.2) is 39.4 Å². The first kappa shape index (κ1) is 10.7. The summed E-state index contributed by atoms with van der Waals surface area (Å²) in [6.45, 7) is 1.89. The molecular formula is C10H10N4OS. The second kappa shape index (κ2) is 4.36. The van der Waals surface area contributed by atoms with Crippen molar-refractivity contribution in [1.29, 1.82) is 5.41 Å². The molecule has 0 aromatic carbocycles. The van der Waals surface area contributed by atoms with Crippen molar-refractivity contribution in [2.45, 2.75) is 17.2 Å². The summed E-state index contributed by atoms with van der Waals surface area (Å²) >= 11 is 1.25. The van der Waals surface area contributed by atoms with Crippen LogP contribution >= 0.6 is 11.8 Å². The fourth-order valence-electron chi connectivity index (χ4n) is 1.28. The summed E-state index contributed by atoms with van der Waals surface area (Å²) in [4.78, 5) is 8.16. The maximum atomic E-state index is 7.52. The first-order chi connectivity index (χ1) is 7.68. The smallest absolute Gasteiger partial charge is 0.261 e. The van der Waals surface area contributed by atoms with Crippen LogP contribution in [0.25, 0.3) is 0 Å². The molecule has 0 aliphatic heterocycles. The molecule has 0 radical (unpaired) electrons. The fraction of sp³-hybridized carbons (Fsp3) is 0.100. The Morgan fingerprint density at radius 1 is 1.44 bits per heavy atom. The Kier molecular flexibility index (Phi) is 2.91. The van der Waals surface area contributed by atoms with Crippen LogP contribution in [0.1, 0.15) is 11.1 Å². The van der Waals surface area contributed by atoms with Gasteiger partial charge in [0, 0.05) is 6.20 Å². The largest absolute Gasteiger partial charge is 0.440 e. The van der Waals surface area contributed by atoms with Gasteiger partial charge in [0.2, 0.25) is 0 Å². The van der Waals surface area contributed by atoms with Crippen LogP contribution < -0.4 is 5.73 Å². The van der Waals surface area contributed by atoms with Gasteiger partial charge in [-0.3, -0.25) is 5.41 Å². The third-order valence-corrected chi connectivity index (χ3v) is 2.87. The number of oxazole rings is 1. The Hall–Kier alpha value is -1.82. The van der Waals surface area contributed by atoms with Crippen LogP contribution in [0, 0.1) is 12.3 Å². The molecule has 0 aliphatic rings. The molecule has 2 aromatic heterocycles. The number of pyridine rings is 1. The zero-order valence-electron chi connectivity index (χ0n) is 8.60. The monoisotopic (exact) mass is 234 g/mol. The number of nitrogens with zero attached hydrogens (tertiary/aromatic N) is 2. The van der Waals surface area contributed by atoms with E-state index in [1.807, 2.05) is 13.0 Å². The highest BCUT2D eigenvalue weighted by molar-refractivity contribution is 7.99. The van der Waals surface area contributed by atoms with E-state index in [2.05, 4.69) is 9.97 Å². The Labute approximate surface area is 96.6 Å². The maximum absolute atomic E-state index is 7.52. The van der Waals surface area contributed by atoms with Crippen molar-refractivity contribution in [3.8, 4) is 0 Å². The van der Waals surface area contributed by atoms with Gasteiger partial charge in [0.15, 0.2) is 0 Å². The quantitative estimate of drug-likeness (QED) is 0.624. The van der Waals surface area contributed by atoms with E-state index in [-0.39, 0.29) is 5.84 Å². The van der Waals surface area contributed by atoms with E-state index in [1.54, 1.807) is 12.4 Å². The van der Waals surface area contributed by atoms with Gasteiger partial charge in [0.1, 0.15) is 17.1 Å². The maximum Gasteiger partial charge on any atom is 0.261 e. The van der Waals surface area contributed by atoms with Crippen molar-refractivity contribution in [1.82, 2.24) is 9.97 Å². The number of hydrogen-bond acceptors (Lipinski definition) is 5. The Balaban J connectivity index is 2.40. The minimum absolute atomic E-state index is 0.000318. The molecule has 0 atom stereocenters. The fourth-order valence-corrected chi connectivity index (χ4v) is 2.15. The van der Waals surface area contributed by atoms with Gasteiger partial charge in [-0.2, -0.15) is 0 Å². The van der Waals surface area contributed by atoms with E-state index in [0.29, 0.717) is 15.8 Å². The minimum atomic E-state index is -0.000318. The summed E-state index contributed by atoms with van der Waals surface area (Å²) in [6.07, 6.45) is 4.73. The van der Waals surface area contributed by atoms with Crippen molar-refractivity contribution in [2.24, 2.45) is 5.73 Å². The molecule has 0 saturated carbocycles. The predicted octanol–water partition coefficient (Wildman–Crippen LogP) is 1.81. The molecule has 2 heterocycles. The summed E-state index contributed by atoms with van der Waals surface area (Å²) in [5.41, 5.74) is 7.07. The Bertz CT molecular complexity index is 510. The molecular weight excluding hydrogens is 224 g/mol. The molecule has 0 amide bonds. The standard InChI is InChI=1S/C10H10N4OS/c1-6-2-3-13-9(7(6)8(11)12)16-10-14-4-5-15-10/h2-5H,1H3,(H3,11,12). The molecule has 0 bridgehead atoms. The molecule has 0 aliphatic carbocycles. The highest BCUT2D eigenvalue weighted by Gasteiger charge is 2.13. The number of nitrogens with one attached hydrogen (secondary N) is 1. The van der Waals surface area contributed by atoms with Crippen LogP contribution in [0.3, 0.4) is 0 Å². The summed E-state index contributed by atoms with van der Waals surface area (Å²) in [7, 11) is 0. The summed E-state index contributed by atoms with van der Waals surface area (Å²) in [5, 5.41) is 8.64. The lowest BCUT2D eigenvalue weighted by molar-refractivity contribution is 0.454. The molecule has 16 heavy (non-hydrogen) atoms. The minimum Gasteiger partial charge on any atom is -0.440 e. The normalized spacial score (nSPS) is 10.3. The zero-order chi connectivity index (χ0) is 11.5. The molecule has 3 N–H and O–H groups in total. The van der Waals surface area contributed by atoms with Gasteiger partial charge in [-0.25, -0.2) is 9.97 Å². The number of nitrogens with two attached hydrogens (primary N) is 1. The molecule has 2 rings (SSSR count). The van der Waals surface area contributed by atoms with Crippen LogP contribution in [0.2, 0.25) is 0 Å². The van der Waals surface area contributed by atoms with E-state index < -0.39 is 0 Å². The highest BCUT2D eigenvalue weighted by atomic mass is 32.2. The molecule has 0 spiro atoms. The number of aromatic nitrogens is 2. The van der Waals surface area contributed by atoms with E-state index in [0.717, 1.165) is 5.56 Å². The number of nitrogen functional groups attached to an aromatic ring is 1. The second-order valence-corrected chi connectivity index (χ2v) is 4.06. The third-order valence-electron chi connectivity index (χ3n) is 1.99. The van der Waals surface area contributed by atoms with Crippen molar-refractivity contribution >= 4 is 17.6 Å². The second-order valence-electron chi connectivity index (χ2n) is 3.12. The van der Waals surface area contributed by atoms with Crippen LogP contribution in [0.5, 0.6) is 0 Å². The van der Waals surface area contributed by atoms with Crippen LogP contribution in [0.4, 0.5) is 0 Å². The van der Waals surface area contributed by atoms with Gasteiger partial charge >= 0.3 is 0 Å². The van der Waals surface area contributed by atoms with Crippen molar-refractivity contribution in [2.75, 3.05) is 0 Å². The Morgan fingerprint density at radius 2 is 2.25 bits per heavy atom. The average Bonchev–Trinajstić information content (AvgIpc) is 2.70. The first-order valence-corrected chi connectivity index (χ1v) is 5.37. The molecule has 2 aromatic rings. The highest BCUT2D eigenvalue weighted by Crippen LogP contribution is 2.28. The van der Waals surface area contributed by atoms with Gasteiger partial charge in [-0.1, -0.05) is 0 Å². The molecule has 0 saturated heterocycles. The molecule has 0 unspecified atom stereocenters. The van der Waals surface area contributed by atoms with Gasteiger partial charge in [-0.15, -0.1) is 0 Å². The molecule has 82 valence electrons. The number of amidine groups is 1. The van der Waals surface area contributed by atoms with Crippen LogP contribution in [-0.2, 0) is 0 Å². The van der Waals surface area contributed by atoms with Gasteiger partial charge in [0.25, 0.3) is 5.22 Å². The zero-order valence-corrected chi connectivity index (χ0v) is 9.41. The number of rotatable bonds is 3. The van der Waals surface area contributed by atoms with Gasteiger partial charge in [0.05, 0.1) is 11.8 Å². The van der Waals surface area contributed by atoms with Gasteiger partial charge < -0.3 is 10.2 Å². The lowest BCUT2D eigenvalue weighted by Gasteiger charge is -2.07. The Morgan fingerprint density at radius 3 is 2.88 bits per heavy atom. The SMILES string of the molecule is Cc1ccnc(Sc2ncco2)c1C(=N)N. The molecule has 0 fully saturated rings. The molecule has 5 nitrogen and oxygen atoms in total. The van der Waals surface area contributed by atoms with E-state index in [1.165, 1.54) is 18.0 Å². The van der Waals surface area contributed by atoms with E-state index in [4.69, 9.17) is 15.6 Å². The third kappa shape index (κ3) is 2.06. The summed E-state index contributed by atoms with van der Waals surface area (Å²) in [6, 6.07) is 1.82. The van der Waals surface area contributed by atoms with Crippen molar-refractivity contribution in [3.05, 3.63) is 35.9 Å². The summed E-state index contributed by atoms with van der Waals surface area (Å²) in [5.74, 6) is -0.000318. The number of hydrogen-bond donors (Lipinski definition) is 2. The molecule has 6 heteroatoms. The average molecular weight is 234 g/mol. The lowest BCUT2D eigenvalue weighted by atomic mass is 10.1. The number of aryl methyl sites for hydroxylation is 1. The van der Waals surface area contributed by atoms with Crippen molar-refractivity contribution in [3.63, 3.8) is 0 Å². The predicted molar refractivity (Wildman–Crippen MR) is 60.6 cm³/mol. The van der Waals surface area contributed by atoms with Gasteiger partial charge in [-0.05, 0) is 30.3 Å². The topological polar surface area (TPSA) is 88.8 Å². The first-order valence-electron chi connectivity index (χ1n) is 4.56. The summed E-state index contributed by atoms with van der Waals surface area (Å²) < 4.78 is 5.11. The van der Waals surface area contributed by atoms with Crippen LogP contribution in [-0.4, -0.2) is 15.8 Å². The van der Waals surface area contributed by atoms with E-state index in [9.17, 15) is 0 Å². The van der Waals surface area contributed by atoms with Crippen molar-refractivity contribution < 1.29 is 4.42 Å². The van der Waals surface area contributed by atoms with E-state index >= 15 is 0 Å². The lowest BCUT2D eigenvalue weighted by Crippen LogP contribution is -2.14.